The van der Waals surface area contributed by atoms with Crippen LogP contribution in [0.15, 0.2) is 53.7 Å². The predicted octanol–water partition coefficient (Wildman–Crippen LogP) is 2.97. The molecule has 144 valence electrons. The lowest BCUT2D eigenvalue weighted by Crippen LogP contribution is -2.35. The van der Waals surface area contributed by atoms with Crippen LogP contribution in [0.1, 0.15) is 31.2 Å². The Kier molecular flexibility index (Phi) is 6.41. The molecule has 1 aliphatic rings. The van der Waals surface area contributed by atoms with E-state index in [1.54, 1.807) is 36.7 Å². The number of carbonyl (C=O) groups excluding carboxylic acids is 1. The molecule has 1 aromatic carbocycles. The van der Waals surface area contributed by atoms with E-state index in [0.717, 1.165) is 44.3 Å². The largest absolute Gasteiger partial charge is 0.325 e. The summed E-state index contributed by atoms with van der Waals surface area (Å²) >= 11 is 0. The van der Waals surface area contributed by atoms with Crippen molar-refractivity contribution in [2.24, 2.45) is 0 Å². The maximum absolute atomic E-state index is 12.4. The number of anilines is 1. The number of aromatic nitrogens is 1. The Morgan fingerprint density at radius 2 is 1.74 bits per heavy atom. The summed E-state index contributed by atoms with van der Waals surface area (Å²) in [7, 11) is -3.63. The molecule has 2 N–H and O–H groups in total. The molecule has 1 aromatic heterocycles. The zero-order valence-electron chi connectivity index (χ0n) is 15.1. The molecule has 3 rings (SSSR count). The summed E-state index contributed by atoms with van der Waals surface area (Å²) in [5, 5.41) is 2.84. The number of rotatable bonds is 5. The number of sulfonamides is 1. The normalized spacial score (nSPS) is 15.2. The SMILES string of the molecule is O=C(Nc1ccc(S(=O)(=O)NCc2cccnc2)cc1)N1CCCCCC1. The molecular weight excluding hydrogens is 364 g/mol. The van der Waals surface area contributed by atoms with Crippen molar-refractivity contribution in [3.8, 4) is 0 Å². The van der Waals surface area contributed by atoms with Crippen LogP contribution < -0.4 is 10.0 Å². The number of benzene rings is 1. The maximum Gasteiger partial charge on any atom is 0.321 e. The van der Waals surface area contributed by atoms with E-state index in [1.165, 1.54) is 12.1 Å². The minimum Gasteiger partial charge on any atom is -0.325 e. The van der Waals surface area contributed by atoms with E-state index in [0.29, 0.717) is 5.69 Å². The molecule has 0 unspecified atom stereocenters. The molecule has 0 saturated carbocycles. The first-order chi connectivity index (χ1) is 13.0. The van der Waals surface area contributed by atoms with Crippen molar-refractivity contribution in [3.63, 3.8) is 0 Å². The molecule has 8 heteroatoms. The van der Waals surface area contributed by atoms with E-state index in [2.05, 4.69) is 15.0 Å². The standard InChI is InChI=1S/C19H24N4O3S/c24-19(23-12-3-1-2-4-13-23)22-17-7-9-18(10-8-17)27(25,26)21-15-16-6-5-11-20-14-16/h5-11,14,21H,1-4,12-13,15H2,(H,22,24). The van der Waals surface area contributed by atoms with Gasteiger partial charge in [-0.2, -0.15) is 0 Å². The van der Waals surface area contributed by atoms with Gasteiger partial charge >= 0.3 is 6.03 Å². The van der Waals surface area contributed by atoms with Gasteiger partial charge in [-0.1, -0.05) is 18.9 Å². The van der Waals surface area contributed by atoms with Gasteiger partial charge in [-0.3, -0.25) is 4.98 Å². The quantitative estimate of drug-likeness (QED) is 0.824. The van der Waals surface area contributed by atoms with Crippen LogP contribution in [0.4, 0.5) is 10.5 Å². The number of hydrogen-bond acceptors (Lipinski definition) is 4. The van der Waals surface area contributed by atoms with Crippen LogP contribution in [-0.4, -0.2) is 37.4 Å². The highest BCUT2D eigenvalue weighted by atomic mass is 32.2. The zero-order chi connectivity index (χ0) is 19.1. The molecular formula is C19H24N4O3S. The highest BCUT2D eigenvalue weighted by Crippen LogP contribution is 2.16. The third-order valence-corrected chi connectivity index (χ3v) is 5.92. The number of nitrogens with zero attached hydrogens (tertiary/aromatic N) is 2. The minimum absolute atomic E-state index is 0.137. The molecule has 0 radical (unpaired) electrons. The summed E-state index contributed by atoms with van der Waals surface area (Å²) in [5.41, 5.74) is 1.36. The van der Waals surface area contributed by atoms with Crippen LogP contribution >= 0.6 is 0 Å². The van der Waals surface area contributed by atoms with E-state index in [4.69, 9.17) is 0 Å². The molecule has 0 atom stereocenters. The smallest absolute Gasteiger partial charge is 0.321 e. The van der Waals surface area contributed by atoms with Gasteiger partial charge in [0, 0.05) is 37.7 Å². The van der Waals surface area contributed by atoms with Crippen molar-refractivity contribution in [1.82, 2.24) is 14.6 Å². The maximum atomic E-state index is 12.4. The zero-order valence-corrected chi connectivity index (χ0v) is 15.9. The second-order valence-electron chi connectivity index (χ2n) is 6.54. The van der Waals surface area contributed by atoms with Crippen LogP contribution in [0, 0.1) is 0 Å². The lowest BCUT2D eigenvalue weighted by Gasteiger charge is -2.20. The summed E-state index contributed by atoms with van der Waals surface area (Å²) in [6, 6.07) is 9.61. The first-order valence-electron chi connectivity index (χ1n) is 9.09. The first-order valence-corrected chi connectivity index (χ1v) is 10.6. The number of urea groups is 1. The Bertz CT molecular complexity index is 846. The fraction of sp³-hybridized carbons (Fsp3) is 0.368. The predicted molar refractivity (Wildman–Crippen MR) is 104 cm³/mol. The molecule has 1 saturated heterocycles. The summed E-state index contributed by atoms with van der Waals surface area (Å²) in [6.45, 7) is 1.69. The number of likely N-dealkylation sites (tertiary alicyclic amines) is 1. The molecule has 2 aromatic rings. The number of carbonyl (C=O) groups is 1. The molecule has 0 bridgehead atoms. The first kappa shape index (κ1) is 19.3. The van der Waals surface area contributed by atoms with Crippen molar-refractivity contribution in [2.45, 2.75) is 37.1 Å². The fourth-order valence-electron chi connectivity index (χ4n) is 2.96. The molecule has 0 spiro atoms. The van der Waals surface area contributed by atoms with Crippen LogP contribution in [0.2, 0.25) is 0 Å². The molecule has 1 aliphatic heterocycles. The van der Waals surface area contributed by atoms with Crippen LogP contribution in [0.25, 0.3) is 0 Å². The third-order valence-electron chi connectivity index (χ3n) is 4.50. The Balaban J connectivity index is 1.59. The van der Waals surface area contributed by atoms with Gasteiger partial charge in [0.05, 0.1) is 4.90 Å². The van der Waals surface area contributed by atoms with E-state index in [-0.39, 0.29) is 17.5 Å². The van der Waals surface area contributed by atoms with E-state index >= 15 is 0 Å². The van der Waals surface area contributed by atoms with E-state index in [1.807, 2.05) is 4.90 Å². The van der Waals surface area contributed by atoms with Crippen molar-refractivity contribution in [3.05, 3.63) is 54.4 Å². The second kappa shape index (κ2) is 8.96. The van der Waals surface area contributed by atoms with Crippen molar-refractivity contribution >= 4 is 21.7 Å². The van der Waals surface area contributed by atoms with Gasteiger partial charge in [0.15, 0.2) is 0 Å². The fourth-order valence-corrected chi connectivity index (χ4v) is 3.98. The Labute approximate surface area is 159 Å². The Morgan fingerprint density at radius 1 is 1.04 bits per heavy atom. The summed E-state index contributed by atoms with van der Waals surface area (Å²) < 4.78 is 27.3. The average Bonchev–Trinajstić information content (AvgIpc) is 2.97. The van der Waals surface area contributed by atoms with Crippen LogP contribution in [0.5, 0.6) is 0 Å². The number of amides is 2. The minimum atomic E-state index is -3.63. The lowest BCUT2D eigenvalue weighted by atomic mass is 10.2. The lowest BCUT2D eigenvalue weighted by molar-refractivity contribution is 0.214. The average molecular weight is 388 g/mol. The van der Waals surface area contributed by atoms with Gasteiger partial charge in [-0.25, -0.2) is 17.9 Å². The van der Waals surface area contributed by atoms with Gasteiger partial charge < -0.3 is 10.2 Å². The number of hydrogen-bond donors (Lipinski definition) is 2. The van der Waals surface area contributed by atoms with Crippen molar-refractivity contribution in [1.29, 1.82) is 0 Å². The summed E-state index contributed by atoms with van der Waals surface area (Å²) in [6.07, 6.45) is 7.60. The number of pyridine rings is 1. The number of nitrogens with one attached hydrogen (secondary N) is 2. The van der Waals surface area contributed by atoms with E-state index < -0.39 is 10.0 Å². The molecule has 0 aliphatic carbocycles. The van der Waals surface area contributed by atoms with Gasteiger partial charge in [0.25, 0.3) is 0 Å². The Hall–Kier alpha value is -2.45. The molecule has 2 heterocycles. The highest BCUT2D eigenvalue weighted by Gasteiger charge is 2.17. The van der Waals surface area contributed by atoms with Crippen LogP contribution in [-0.2, 0) is 16.6 Å². The Morgan fingerprint density at radius 3 is 2.37 bits per heavy atom. The topological polar surface area (TPSA) is 91.4 Å². The third kappa shape index (κ3) is 5.51. The van der Waals surface area contributed by atoms with Gasteiger partial charge in [0.2, 0.25) is 10.0 Å². The summed E-state index contributed by atoms with van der Waals surface area (Å²) in [4.78, 5) is 18.3. The summed E-state index contributed by atoms with van der Waals surface area (Å²) in [5.74, 6) is 0. The molecule has 1 fully saturated rings. The second-order valence-corrected chi connectivity index (χ2v) is 8.31. The van der Waals surface area contributed by atoms with Gasteiger partial charge in [-0.15, -0.1) is 0 Å². The van der Waals surface area contributed by atoms with Crippen LogP contribution in [0.3, 0.4) is 0 Å². The molecule has 27 heavy (non-hydrogen) atoms. The van der Waals surface area contributed by atoms with Gasteiger partial charge in [-0.05, 0) is 48.7 Å². The highest BCUT2D eigenvalue weighted by molar-refractivity contribution is 7.89. The van der Waals surface area contributed by atoms with Gasteiger partial charge in [0.1, 0.15) is 0 Å². The van der Waals surface area contributed by atoms with Crippen molar-refractivity contribution < 1.29 is 13.2 Å². The van der Waals surface area contributed by atoms with Crippen molar-refractivity contribution in [2.75, 3.05) is 18.4 Å². The monoisotopic (exact) mass is 388 g/mol. The molecule has 7 nitrogen and oxygen atoms in total. The van der Waals surface area contributed by atoms with E-state index in [9.17, 15) is 13.2 Å². The molecule has 2 amide bonds.